The minimum Gasteiger partial charge on any atom is -0.444 e. The largest absolute Gasteiger partial charge is 0.444 e. The summed E-state index contributed by atoms with van der Waals surface area (Å²) in [5, 5.41) is 34.0. The van der Waals surface area contributed by atoms with Crippen LogP contribution in [0, 0.1) is 11.8 Å². The maximum Gasteiger partial charge on any atom is 0.407 e. The number of carbonyl (C=O) groups excluding carboxylic acids is 12. The maximum absolute atomic E-state index is 14.8. The van der Waals surface area contributed by atoms with Gasteiger partial charge in [0.1, 0.15) is 59.7 Å². The number of alkyl carbamates (subject to hydrolysis) is 2. The van der Waals surface area contributed by atoms with E-state index in [1.807, 2.05) is 27.7 Å². The number of benzene rings is 2. The molecule has 3 aliphatic rings. The monoisotopic (exact) mass is 1440 g/mol. The molecule has 12 atom stereocenters. The van der Waals surface area contributed by atoms with Gasteiger partial charge < -0.3 is 82.7 Å². The Morgan fingerprint density at radius 2 is 0.850 bits per heavy atom. The molecule has 3 saturated heterocycles. The third-order valence-electron chi connectivity index (χ3n) is 16.4. The van der Waals surface area contributed by atoms with Gasteiger partial charge in [0.2, 0.25) is 59.1 Å². The number of amides is 12. The molecule has 100 heavy (non-hydrogen) atoms. The Balaban J connectivity index is 1.52. The van der Waals surface area contributed by atoms with Gasteiger partial charge >= 0.3 is 12.2 Å². The van der Waals surface area contributed by atoms with E-state index in [2.05, 4.69) is 89.1 Å². The number of hydrogen-bond acceptors (Lipinski definition) is 18. The van der Waals surface area contributed by atoms with Crippen molar-refractivity contribution >= 4 is 96.5 Å². The van der Waals surface area contributed by atoms with Crippen LogP contribution in [0.2, 0.25) is 0 Å². The average molecular weight is 1440 g/mol. The van der Waals surface area contributed by atoms with E-state index < -0.39 is 155 Å². The highest BCUT2D eigenvalue weighted by Gasteiger charge is 2.45. The molecule has 0 aromatic heterocycles. The first kappa shape index (κ1) is 83.0. The fraction of sp³-hybridized carbons (Fsp3) is 0.657. The molecule has 3 aliphatic heterocycles. The molecule has 0 radical (unpaired) electrons. The van der Waals surface area contributed by atoms with Crippen LogP contribution in [0.3, 0.4) is 0 Å². The highest BCUT2D eigenvalue weighted by atomic mass is 32.1. The van der Waals surface area contributed by atoms with Crippen molar-refractivity contribution in [2.24, 2.45) is 11.8 Å². The first-order valence-corrected chi connectivity index (χ1v) is 36.1. The fourth-order valence-corrected chi connectivity index (χ4v) is 12.0. The second kappa shape index (κ2) is 41.3. The molecule has 28 nitrogen and oxygen atoms in total. The van der Waals surface area contributed by atoms with Crippen LogP contribution in [-0.4, -0.2) is 193 Å². The molecule has 556 valence electrons. The van der Waals surface area contributed by atoms with Crippen molar-refractivity contribution in [2.45, 2.75) is 243 Å². The van der Waals surface area contributed by atoms with E-state index in [4.69, 9.17) is 18.9 Å². The molecule has 3 fully saturated rings. The van der Waals surface area contributed by atoms with Crippen molar-refractivity contribution in [2.75, 3.05) is 37.7 Å². The Kier molecular flexibility index (Phi) is 34.2. The summed E-state index contributed by atoms with van der Waals surface area (Å²) >= 11 is 8.40. The van der Waals surface area contributed by atoms with Crippen LogP contribution in [0.4, 0.5) is 9.59 Å². The molecule has 3 heterocycles. The first-order chi connectivity index (χ1) is 47.3. The van der Waals surface area contributed by atoms with Gasteiger partial charge in [0, 0.05) is 64.7 Å². The first-order valence-electron chi connectivity index (χ1n) is 34.8. The molecule has 0 unspecified atom stereocenters. The third kappa shape index (κ3) is 30.2. The quantitative estimate of drug-likeness (QED) is 0.0430. The lowest BCUT2D eigenvalue weighted by atomic mass is 10.00. The molecular formula is C70H108N12O16S2. The van der Waals surface area contributed by atoms with Gasteiger partial charge in [-0.05, 0) is 127 Å². The van der Waals surface area contributed by atoms with E-state index in [0.29, 0.717) is 36.8 Å². The van der Waals surface area contributed by atoms with E-state index in [1.54, 1.807) is 102 Å². The highest BCUT2D eigenvalue weighted by Crippen LogP contribution is 2.25. The zero-order valence-corrected chi connectivity index (χ0v) is 61.2. The molecule has 4 bridgehead atoms. The van der Waals surface area contributed by atoms with Crippen molar-refractivity contribution in [3.8, 4) is 0 Å². The second-order valence-electron chi connectivity index (χ2n) is 28.4. The molecule has 2 aromatic carbocycles. The van der Waals surface area contributed by atoms with Crippen LogP contribution in [0.1, 0.15) is 157 Å². The smallest absolute Gasteiger partial charge is 0.407 e. The molecule has 0 saturated carbocycles. The van der Waals surface area contributed by atoms with Gasteiger partial charge in [0.05, 0.1) is 24.3 Å². The maximum atomic E-state index is 14.8. The van der Waals surface area contributed by atoms with Crippen LogP contribution in [0.5, 0.6) is 0 Å². The van der Waals surface area contributed by atoms with E-state index in [9.17, 15) is 57.5 Å². The zero-order valence-electron chi connectivity index (χ0n) is 59.4. The van der Waals surface area contributed by atoms with Crippen LogP contribution in [-0.2, 0) is 79.7 Å². The summed E-state index contributed by atoms with van der Waals surface area (Å²) in [7, 11) is 0. The lowest BCUT2D eigenvalue weighted by molar-refractivity contribution is -0.138. The van der Waals surface area contributed by atoms with Crippen molar-refractivity contribution < 1.29 is 76.5 Å². The summed E-state index contributed by atoms with van der Waals surface area (Å²) in [6.45, 7) is 17.6. The molecule has 5 rings (SSSR count). The number of thiol groups is 2. The predicted molar refractivity (Wildman–Crippen MR) is 380 cm³/mol. The molecule has 2 aromatic rings. The number of ether oxygens (including phenoxy) is 4. The van der Waals surface area contributed by atoms with E-state index in [0.717, 1.165) is 0 Å². The lowest BCUT2D eigenvalue weighted by Crippen LogP contribution is -2.57. The Labute approximate surface area is 598 Å². The number of rotatable bonds is 28. The van der Waals surface area contributed by atoms with Gasteiger partial charge in [-0.2, -0.15) is 25.3 Å². The minimum absolute atomic E-state index is 0.00785. The summed E-state index contributed by atoms with van der Waals surface area (Å²) in [6.07, 6.45) is -4.73. The highest BCUT2D eigenvalue weighted by molar-refractivity contribution is 7.80. The second-order valence-corrected chi connectivity index (χ2v) is 29.3. The van der Waals surface area contributed by atoms with Crippen molar-refractivity contribution in [1.29, 1.82) is 0 Å². The zero-order chi connectivity index (χ0) is 73.7. The van der Waals surface area contributed by atoms with Crippen LogP contribution < -0.4 is 63.8 Å². The Bertz CT molecular complexity index is 2850. The molecule has 0 spiro atoms. The molecule has 30 heteroatoms. The van der Waals surface area contributed by atoms with Crippen LogP contribution >= 0.6 is 25.3 Å². The Morgan fingerprint density at radius 3 is 1.18 bits per heavy atom. The molecule has 0 aliphatic carbocycles. The number of carbonyl (C=O) groups is 12. The minimum atomic E-state index is -1.36. The topological polar surface area (TPSA) is 386 Å². The average Bonchev–Trinajstić information content (AvgIpc) is 1.67. The van der Waals surface area contributed by atoms with Crippen molar-refractivity contribution in [3.63, 3.8) is 0 Å². The van der Waals surface area contributed by atoms with E-state index in [1.165, 1.54) is 0 Å². The SMILES string of the molecule is CC(C)C[C@@H]1NC(=O)[C@H](Cc2ccccc2)NC(=O)[C@H]2C[C@H](NC(=O)[C@H](CCCCNC(=O)OC(C)(C)C)NC(=O)CCS)[C@@H](CNC(=O)[C@H](CC(C)C)NC(=O)[C@H](Cc3ccccc3)NC(=O)[C@H]3C[C@H](NC(=O)[C@H](CCCCNC(=O)OC(C)(C)C)NC(=O)CCS)[C@@H](CNC1=O)O3)O2. The predicted octanol–water partition coefficient (Wildman–Crippen LogP) is 3.03. The van der Waals surface area contributed by atoms with Crippen LogP contribution in [0.15, 0.2) is 60.7 Å². The summed E-state index contributed by atoms with van der Waals surface area (Å²) in [5.41, 5.74) is -0.161. The number of nitrogens with one attached hydrogen (secondary N) is 12. The van der Waals surface area contributed by atoms with Gasteiger partial charge in [-0.1, -0.05) is 88.4 Å². The molecule has 12 N–H and O–H groups in total. The van der Waals surface area contributed by atoms with E-state index >= 15 is 0 Å². The number of hydrogen-bond donors (Lipinski definition) is 14. The van der Waals surface area contributed by atoms with Gasteiger partial charge in [-0.3, -0.25) is 47.9 Å². The number of unbranched alkanes of at least 4 members (excludes halogenated alkanes) is 2. The van der Waals surface area contributed by atoms with Gasteiger partial charge in [0.25, 0.3) is 0 Å². The molecule has 12 amide bonds. The van der Waals surface area contributed by atoms with Gasteiger partial charge in [-0.25, -0.2) is 9.59 Å². The summed E-state index contributed by atoms with van der Waals surface area (Å²) < 4.78 is 23.6. The standard InChI is InChI=1S/C70H108N12O16S2/c1-41(2)33-49-59(85)73-39-55-47(77-61(87)45(75-57(83)27-31-99)25-17-19-29-71-67(93)97-69(5,6)7)37-54(95-55)66(92)82-52(36-44-23-15-12-16-24-44)64(90)80-50(34-42(3)4)60(86)74-40-56-48(38-53(96-56)65(91)81-51(63(89)79-49)35-43-21-13-11-14-22-43)78-62(88)46(76-58(84)28-32-100)26-18-20-30-72-68(94)98-70(8,9)10/h11-16,21-24,41-42,45-56,99-100H,17-20,25-40H2,1-10H3,(H,71,93)(H,72,94)(H,73,85)(H,74,86)(H,75,83)(H,76,84)(H,77,87)(H,78,88)(H,79,89)(H,80,90)(H,81,91)(H,82,92)/t45-,46-,47-,48-,49-,50-,51-,52-,53+,54+,55+,56+/m0/s1. The Morgan fingerprint density at radius 1 is 0.500 bits per heavy atom. The van der Waals surface area contributed by atoms with Gasteiger partial charge in [-0.15, -0.1) is 0 Å². The van der Waals surface area contributed by atoms with Crippen molar-refractivity contribution in [3.05, 3.63) is 71.8 Å². The summed E-state index contributed by atoms with van der Waals surface area (Å²) in [5.74, 6) is -6.54. The number of fused-ring (bicyclic) bond motifs is 4. The van der Waals surface area contributed by atoms with E-state index in [-0.39, 0.29) is 114 Å². The Hall–Kier alpha value is -7.70. The van der Waals surface area contributed by atoms with Crippen molar-refractivity contribution in [1.82, 2.24) is 63.8 Å². The van der Waals surface area contributed by atoms with Gasteiger partial charge in [0.15, 0.2) is 0 Å². The fourth-order valence-electron chi connectivity index (χ4n) is 11.6. The van der Waals surface area contributed by atoms with Crippen LogP contribution in [0.25, 0.3) is 0 Å². The summed E-state index contributed by atoms with van der Waals surface area (Å²) in [4.78, 5) is 169. The summed E-state index contributed by atoms with van der Waals surface area (Å²) in [6, 6.07) is 8.28. The molecular weight excluding hydrogens is 1330 g/mol. The lowest BCUT2D eigenvalue weighted by Gasteiger charge is -2.27. The normalized spacial score (nSPS) is 23.3. The third-order valence-corrected chi connectivity index (χ3v) is 16.8.